The monoisotopic (exact) mass is 265 g/mol. The number of carbonyl (C=O) groups is 1. The minimum Gasteiger partial charge on any atom is -0.477 e. The Kier molecular flexibility index (Phi) is 4.92. The van der Waals surface area contributed by atoms with Crippen molar-refractivity contribution in [2.75, 3.05) is 0 Å². The molecule has 0 aliphatic carbocycles. The molecule has 1 aromatic rings. The van der Waals surface area contributed by atoms with Crippen molar-refractivity contribution in [1.29, 1.82) is 0 Å². The summed E-state index contributed by atoms with van der Waals surface area (Å²) in [5, 5.41) is 9.04. The molecular weight excluding hydrogens is 242 g/mol. The van der Waals surface area contributed by atoms with Crippen molar-refractivity contribution in [3.8, 4) is 0 Å². The first-order chi connectivity index (χ1) is 8.77. The lowest BCUT2D eigenvalue weighted by atomic mass is 9.90. The average molecular weight is 265 g/mol. The number of hydrogen-bond donors (Lipinski definition) is 1. The molecule has 1 N–H and O–H groups in total. The Bertz CT molecular complexity index is 509. The van der Waals surface area contributed by atoms with Gasteiger partial charge in [0.25, 0.3) is 0 Å². The van der Waals surface area contributed by atoms with E-state index >= 15 is 0 Å². The van der Waals surface area contributed by atoms with Crippen molar-refractivity contribution < 1.29 is 9.90 Å². The van der Waals surface area contributed by atoms with Crippen molar-refractivity contribution in [3.05, 3.63) is 33.7 Å². The molecule has 0 fully saturated rings. The fourth-order valence-electron chi connectivity index (χ4n) is 2.10. The summed E-state index contributed by atoms with van der Waals surface area (Å²) >= 11 is 0. The summed E-state index contributed by atoms with van der Waals surface area (Å²) in [5.74, 6) is -1.16. The maximum atomic E-state index is 11.8. The first kappa shape index (κ1) is 15.5. The van der Waals surface area contributed by atoms with Gasteiger partial charge >= 0.3 is 5.97 Å². The Hall–Kier alpha value is -1.58. The van der Waals surface area contributed by atoms with E-state index in [4.69, 9.17) is 5.11 Å². The van der Waals surface area contributed by atoms with Gasteiger partial charge in [-0.1, -0.05) is 40.5 Å². The Morgan fingerprint density at radius 1 is 1.32 bits per heavy atom. The Morgan fingerprint density at radius 3 is 2.42 bits per heavy atom. The highest BCUT2D eigenvalue weighted by molar-refractivity contribution is 5.87. The van der Waals surface area contributed by atoms with Crippen LogP contribution in [0.25, 0.3) is 0 Å². The van der Waals surface area contributed by atoms with Gasteiger partial charge < -0.3 is 9.67 Å². The van der Waals surface area contributed by atoms with Crippen molar-refractivity contribution >= 4 is 5.97 Å². The number of rotatable bonds is 5. The molecule has 4 nitrogen and oxygen atoms in total. The van der Waals surface area contributed by atoms with Crippen LogP contribution >= 0.6 is 0 Å². The van der Waals surface area contributed by atoms with Crippen LogP contribution < -0.4 is 5.43 Å². The topological polar surface area (TPSA) is 59.3 Å². The molecule has 19 heavy (non-hydrogen) atoms. The van der Waals surface area contributed by atoms with E-state index in [1.165, 1.54) is 12.3 Å². The quantitative estimate of drug-likeness (QED) is 0.832. The fraction of sp³-hybridized carbons (Fsp3) is 0.600. The van der Waals surface area contributed by atoms with Gasteiger partial charge in [-0.3, -0.25) is 4.79 Å². The van der Waals surface area contributed by atoms with Crippen LogP contribution in [0.5, 0.6) is 0 Å². The van der Waals surface area contributed by atoms with E-state index in [1.54, 1.807) is 0 Å². The molecule has 0 aromatic carbocycles. The Morgan fingerprint density at radius 2 is 1.95 bits per heavy atom. The van der Waals surface area contributed by atoms with Crippen LogP contribution in [0.2, 0.25) is 0 Å². The summed E-state index contributed by atoms with van der Waals surface area (Å²) in [5.41, 5.74) is 0.148. The summed E-state index contributed by atoms with van der Waals surface area (Å²) < 4.78 is 1.92. The van der Waals surface area contributed by atoms with Gasteiger partial charge in [-0.05, 0) is 6.42 Å². The number of pyridine rings is 1. The number of unbranched alkanes of at least 4 members (excludes halogenated alkanes) is 2. The Balaban J connectivity index is 3.25. The molecular formula is C15H23NO3. The summed E-state index contributed by atoms with van der Waals surface area (Å²) in [6.07, 6.45) is 4.68. The second-order valence-corrected chi connectivity index (χ2v) is 5.89. The lowest BCUT2D eigenvalue weighted by Crippen LogP contribution is -2.26. The number of aryl methyl sites for hydroxylation is 1. The first-order valence-corrected chi connectivity index (χ1v) is 6.75. The van der Waals surface area contributed by atoms with Gasteiger partial charge in [-0.15, -0.1) is 0 Å². The summed E-state index contributed by atoms with van der Waals surface area (Å²) in [6.45, 7) is 8.95. The van der Waals surface area contributed by atoms with Gasteiger partial charge in [0, 0.05) is 29.9 Å². The molecule has 0 aliphatic rings. The normalized spacial score (nSPS) is 11.6. The molecule has 0 unspecified atom stereocenters. The van der Waals surface area contributed by atoms with Crippen molar-refractivity contribution in [1.82, 2.24) is 4.57 Å². The summed E-state index contributed by atoms with van der Waals surface area (Å²) in [6, 6.07) is 1.47. The van der Waals surface area contributed by atoms with Gasteiger partial charge in [0.05, 0.1) is 0 Å². The van der Waals surface area contributed by atoms with E-state index in [0.717, 1.165) is 31.5 Å². The van der Waals surface area contributed by atoms with Crippen molar-refractivity contribution in [3.63, 3.8) is 0 Å². The van der Waals surface area contributed by atoms with E-state index in [0.29, 0.717) is 0 Å². The number of carboxylic acid groups (broad SMARTS) is 1. The second-order valence-electron chi connectivity index (χ2n) is 5.89. The Labute approximate surface area is 114 Å². The van der Waals surface area contributed by atoms with Crippen LogP contribution in [-0.4, -0.2) is 15.6 Å². The zero-order valence-electron chi connectivity index (χ0n) is 12.2. The smallest absolute Gasteiger partial charge is 0.341 e. The van der Waals surface area contributed by atoms with E-state index in [2.05, 4.69) is 6.92 Å². The van der Waals surface area contributed by atoms with Gasteiger partial charge in [-0.25, -0.2) is 4.79 Å². The number of carboxylic acids is 1. The maximum absolute atomic E-state index is 11.8. The number of aromatic carboxylic acids is 1. The highest BCUT2D eigenvalue weighted by Crippen LogP contribution is 2.21. The minimum absolute atomic E-state index is 0.149. The highest BCUT2D eigenvalue weighted by atomic mass is 16.4. The predicted molar refractivity (Wildman–Crippen MR) is 75.9 cm³/mol. The molecule has 0 spiro atoms. The molecule has 1 rings (SSSR count). The third-order valence-corrected chi connectivity index (χ3v) is 3.13. The summed E-state index contributed by atoms with van der Waals surface area (Å²) in [7, 11) is 0. The first-order valence-electron chi connectivity index (χ1n) is 6.75. The van der Waals surface area contributed by atoms with Crippen LogP contribution in [0.4, 0.5) is 0 Å². The number of aromatic nitrogens is 1. The standard InChI is InChI=1S/C15H23NO3/c1-5-6-7-8-16-10-11(14(18)19)12(17)9-13(16)15(2,3)4/h9-10H,5-8H2,1-4H3,(H,18,19). The second kappa shape index (κ2) is 6.04. The van der Waals surface area contributed by atoms with E-state index < -0.39 is 11.4 Å². The third-order valence-electron chi connectivity index (χ3n) is 3.13. The average Bonchev–Trinajstić information content (AvgIpc) is 2.29. The molecule has 0 atom stereocenters. The van der Waals surface area contributed by atoms with Gasteiger partial charge in [0.2, 0.25) is 0 Å². The maximum Gasteiger partial charge on any atom is 0.341 e. The fourth-order valence-corrected chi connectivity index (χ4v) is 2.10. The van der Waals surface area contributed by atoms with Crippen LogP contribution in [0.1, 0.15) is 63.0 Å². The lowest BCUT2D eigenvalue weighted by Gasteiger charge is -2.25. The highest BCUT2D eigenvalue weighted by Gasteiger charge is 2.21. The molecule has 1 aromatic heterocycles. The minimum atomic E-state index is -1.16. The van der Waals surface area contributed by atoms with Crippen molar-refractivity contribution in [2.24, 2.45) is 0 Å². The van der Waals surface area contributed by atoms with Gasteiger partial charge in [0.1, 0.15) is 5.56 Å². The van der Waals surface area contributed by atoms with E-state index in [9.17, 15) is 9.59 Å². The molecule has 0 bridgehead atoms. The van der Waals surface area contributed by atoms with E-state index in [1.807, 2.05) is 25.3 Å². The SMILES string of the molecule is CCCCCn1cc(C(=O)O)c(=O)cc1C(C)(C)C. The molecule has 0 amide bonds. The van der Waals surface area contributed by atoms with E-state index in [-0.39, 0.29) is 11.0 Å². The molecule has 0 radical (unpaired) electrons. The number of hydrogen-bond acceptors (Lipinski definition) is 2. The van der Waals surface area contributed by atoms with Crippen molar-refractivity contribution in [2.45, 2.75) is 58.9 Å². The van der Waals surface area contributed by atoms with Crippen LogP contribution in [0.15, 0.2) is 17.1 Å². The zero-order chi connectivity index (χ0) is 14.6. The summed E-state index contributed by atoms with van der Waals surface area (Å²) in [4.78, 5) is 22.9. The molecule has 4 heteroatoms. The third kappa shape index (κ3) is 3.94. The van der Waals surface area contributed by atoms with Crippen LogP contribution in [0, 0.1) is 0 Å². The zero-order valence-corrected chi connectivity index (χ0v) is 12.2. The molecule has 106 valence electrons. The lowest BCUT2D eigenvalue weighted by molar-refractivity contribution is 0.0694. The number of nitrogens with zero attached hydrogens (tertiary/aromatic N) is 1. The van der Waals surface area contributed by atoms with Gasteiger partial charge in [-0.2, -0.15) is 0 Å². The largest absolute Gasteiger partial charge is 0.477 e. The molecule has 0 saturated carbocycles. The molecule has 0 saturated heterocycles. The van der Waals surface area contributed by atoms with Crippen LogP contribution in [-0.2, 0) is 12.0 Å². The molecule has 0 aliphatic heterocycles. The van der Waals surface area contributed by atoms with Gasteiger partial charge in [0.15, 0.2) is 5.43 Å². The molecule has 1 heterocycles. The van der Waals surface area contributed by atoms with Crippen LogP contribution in [0.3, 0.4) is 0 Å². The predicted octanol–water partition coefficient (Wildman–Crippen LogP) is 3.03.